The zero-order valence-electron chi connectivity index (χ0n) is 13.0. The molecule has 0 saturated carbocycles. The van der Waals surface area contributed by atoms with Gasteiger partial charge in [-0.15, -0.1) is 0 Å². The molecule has 1 fully saturated rings. The first-order valence-corrected chi connectivity index (χ1v) is 7.94. The first kappa shape index (κ1) is 15.0. The lowest BCUT2D eigenvalue weighted by Crippen LogP contribution is -2.46. The van der Waals surface area contributed by atoms with Crippen molar-refractivity contribution in [3.63, 3.8) is 0 Å². The number of piperazine rings is 1. The maximum Gasteiger partial charge on any atom is 0.128 e. The molecule has 1 aromatic heterocycles. The predicted molar refractivity (Wildman–Crippen MR) is 89.1 cm³/mol. The molecule has 0 radical (unpaired) electrons. The van der Waals surface area contributed by atoms with E-state index in [2.05, 4.69) is 21.7 Å². The van der Waals surface area contributed by atoms with E-state index >= 15 is 0 Å². The molecule has 3 rings (SSSR count). The fourth-order valence-electron chi connectivity index (χ4n) is 2.87. The van der Waals surface area contributed by atoms with Crippen molar-refractivity contribution < 1.29 is 5.11 Å². The second kappa shape index (κ2) is 6.90. The maximum absolute atomic E-state index is 10.4. The summed E-state index contributed by atoms with van der Waals surface area (Å²) in [5.74, 6) is 1.000. The predicted octanol–water partition coefficient (Wildman–Crippen LogP) is 2.31. The number of nitrogens with zero attached hydrogens (tertiary/aromatic N) is 3. The number of hydrogen-bond acceptors (Lipinski definition) is 4. The van der Waals surface area contributed by atoms with Crippen molar-refractivity contribution >= 4 is 5.82 Å². The molecule has 1 N–H and O–H groups in total. The highest BCUT2D eigenvalue weighted by molar-refractivity contribution is 5.41. The van der Waals surface area contributed by atoms with Crippen LogP contribution in [0.5, 0.6) is 0 Å². The van der Waals surface area contributed by atoms with E-state index in [1.807, 2.05) is 42.5 Å². The van der Waals surface area contributed by atoms with Crippen molar-refractivity contribution in [1.29, 1.82) is 0 Å². The van der Waals surface area contributed by atoms with Crippen molar-refractivity contribution in [2.45, 2.75) is 13.0 Å². The molecule has 1 unspecified atom stereocenters. The highest BCUT2D eigenvalue weighted by Gasteiger charge is 2.17. The van der Waals surface area contributed by atoms with E-state index < -0.39 is 6.10 Å². The lowest BCUT2D eigenvalue weighted by atomic mass is 10.0. The van der Waals surface area contributed by atoms with E-state index in [9.17, 15) is 5.11 Å². The van der Waals surface area contributed by atoms with Crippen LogP contribution in [0, 0.1) is 0 Å². The standard InChI is InChI=1S/C18H23N3O/c1-2-20-10-12-21(13-11-20)17-9-8-16(14-19-17)18(22)15-6-4-3-5-7-15/h3-9,14,18,22H,2,10-13H2,1H3. The summed E-state index contributed by atoms with van der Waals surface area (Å²) in [4.78, 5) is 9.31. The van der Waals surface area contributed by atoms with Crippen LogP contribution in [0.15, 0.2) is 48.7 Å². The Hall–Kier alpha value is -1.91. The summed E-state index contributed by atoms with van der Waals surface area (Å²) < 4.78 is 0. The maximum atomic E-state index is 10.4. The fraction of sp³-hybridized carbons (Fsp3) is 0.389. The molecule has 1 aliphatic rings. The van der Waals surface area contributed by atoms with Crippen LogP contribution in [0.25, 0.3) is 0 Å². The molecule has 2 heterocycles. The Bertz CT molecular complexity index is 577. The van der Waals surface area contributed by atoms with Gasteiger partial charge < -0.3 is 14.9 Å². The van der Waals surface area contributed by atoms with Crippen molar-refractivity contribution in [1.82, 2.24) is 9.88 Å². The number of rotatable bonds is 4. The molecule has 1 aromatic carbocycles. The molecule has 1 aliphatic heterocycles. The van der Waals surface area contributed by atoms with E-state index in [4.69, 9.17) is 0 Å². The summed E-state index contributed by atoms with van der Waals surface area (Å²) in [5, 5.41) is 10.4. The van der Waals surface area contributed by atoms with Crippen LogP contribution >= 0.6 is 0 Å². The second-order valence-corrected chi connectivity index (χ2v) is 5.68. The molecule has 0 aliphatic carbocycles. The van der Waals surface area contributed by atoms with Crippen molar-refractivity contribution in [3.05, 3.63) is 59.8 Å². The summed E-state index contributed by atoms with van der Waals surface area (Å²) in [7, 11) is 0. The molecular formula is C18H23N3O. The fourth-order valence-corrected chi connectivity index (χ4v) is 2.87. The molecular weight excluding hydrogens is 274 g/mol. The Kier molecular flexibility index (Phi) is 4.71. The number of aliphatic hydroxyl groups excluding tert-OH is 1. The van der Waals surface area contributed by atoms with Gasteiger partial charge in [-0.25, -0.2) is 4.98 Å². The van der Waals surface area contributed by atoms with Crippen LogP contribution in [0.3, 0.4) is 0 Å². The Balaban J connectivity index is 1.68. The van der Waals surface area contributed by atoms with E-state index in [1.54, 1.807) is 6.20 Å². The van der Waals surface area contributed by atoms with Crippen molar-refractivity contribution in [2.75, 3.05) is 37.6 Å². The van der Waals surface area contributed by atoms with Gasteiger partial charge in [0.15, 0.2) is 0 Å². The first-order chi connectivity index (χ1) is 10.8. The zero-order chi connectivity index (χ0) is 15.4. The Morgan fingerprint density at radius 1 is 1.00 bits per heavy atom. The van der Waals surface area contributed by atoms with Crippen LogP contribution < -0.4 is 4.90 Å². The third kappa shape index (κ3) is 3.29. The molecule has 22 heavy (non-hydrogen) atoms. The smallest absolute Gasteiger partial charge is 0.128 e. The number of benzene rings is 1. The molecule has 1 saturated heterocycles. The summed E-state index contributed by atoms with van der Waals surface area (Å²) in [6.45, 7) is 7.53. The molecule has 2 aromatic rings. The van der Waals surface area contributed by atoms with Gasteiger partial charge in [-0.2, -0.15) is 0 Å². The minimum Gasteiger partial charge on any atom is -0.384 e. The van der Waals surface area contributed by atoms with Crippen LogP contribution in [-0.4, -0.2) is 47.7 Å². The second-order valence-electron chi connectivity index (χ2n) is 5.68. The summed E-state index contributed by atoms with van der Waals surface area (Å²) in [6.07, 6.45) is 1.18. The Labute approximate surface area is 132 Å². The van der Waals surface area contributed by atoms with Crippen LogP contribution in [0.1, 0.15) is 24.2 Å². The quantitative estimate of drug-likeness (QED) is 0.940. The van der Waals surface area contributed by atoms with Gasteiger partial charge in [0.2, 0.25) is 0 Å². The summed E-state index contributed by atoms with van der Waals surface area (Å²) >= 11 is 0. The Morgan fingerprint density at radius 3 is 2.32 bits per heavy atom. The van der Waals surface area contributed by atoms with Gasteiger partial charge in [0.1, 0.15) is 11.9 Å². The van der Waals surface area contributed by atoms with Crippen molar-refractivity contribution in [3.8, 4) is 0 Å². The van der Waals surface area contributed by atoms with Gasteiger partial charge in [-0.05, 0) is 18.2 Å². The average molecular weight is 297 g/mol. The number of anilines is 1. The average Bonchev–Trinajstić information content (AvgIpc) is 2.62. The highest BCUT2D eigenvalue weighted by Crippen LogP contribution is 2.23. The number of likely N-dealkylation sites (N-methyl/N-ethyl adjacent to an activating group) is 1. The lowest BCUT2D eigenvalue weighted by Gasteiger charge is -2.34. The topological polar surface area (TPSA) is 39.6 Å². The van der Waals surface area contributed by atoms with Gasteiger partial charge in [-0.1, -0.05) is 43.3 Å². The zero-order valence-corrected chi connectivity index (χ0v) is 13.0. The summed E-state index contributed by atoms with van der Waals surface area (Å²) in [6, 6.07) is 13.7. The van der Waals surface area contributed by atoms with Crippen LogP contribution in [0.4, 0.5) is 5.82 Å². The van der Waals surface area contributed by atoms with Crippen LogP contribution in [-0.2, 0) is 0 Å². The van der Waals surface area contributed by atoms with E-state index in [0.717, 1.165) is 49.7 Å². The minimum atomic E-state index is -0.611. The van der Waals surface area contributed by atoms with E-state index in [1.165, 1.54) is 0 Å². The molecule has 0 amide bonds. The van der Waals surface area contributed by atoms with E-state index in [0.29, 0.717) is 0 Å². The monoisotopic (exact) mass is 297 g/mol. The number of aliphatic hydroxyl groups is 1. The first-order valence-electron chi connectivity index (χ1n) is 7.94. The van der Waals surface area contributed by atoms with Gasteiger partial charge in [0.25, 0.3) is 0 Å². The molecule has 116 valence electrons. The molecule has 1 atom stereocenters. The molecule has 0 spiro atoms. The lowest BCUT2D eigenvalue weighted by molar-refractivity contribution is 0.220. The van der Waals surface area contributed by atoms with Gasteiger partial charge in [-0.3, -0.25) is 0 Å². The number of aromatic nitrogens is 1. The Morgan fingerprint density at radius 2 is 1.73 bits per heavy atom. The number of pyridine rings is 1. The summed E-state index contributed by atoms with van der Waals surface area (Å²) in [5.41, 5.74) is 1.73. The van der Waals surface area contributed by atoms with Crippen molar-refractivity contribution in [2.24, 2.45) is 0 Å². The van der Waals surface area contributed by atoms with E-state index in [-0.39, 0.29) is 0 Å². The molecule has 4 heteroatoms. The van der Waals surface area contributed by atoms with Gasteiger partial charge in [0.05, 0.1) is 0 Å². The third-order valence-corrected chi connectivity index (χ3v) is 4.35. The number of hydrogen-bond donors (Lipinski definition) is 1. The SMILES string of the molecule is CCN1CCN(c2ccc(C(O)c3ccccc3)cn2)CC1. The van der Waals surface area contributed by atoms with Gasteiger partial charge >= 0.3 is 0 Å². The minimum absolute atomic E-state index is 0.611. The van der Waals surface area contributed by atoms with Crippen LogP contribution in [0.2, 0.25) is 0 Å². The van der Waals surface area contributed by atoms with Gasteiger partial charge in [0, 0.05) is 37.9 Å². The molecule has 0 bridgehead atoms. The third-order valence-electron chi connectivity index (χ3n) is 4.35. The normalized spacial score (nSPS) is 17.5. The highest BCUT2D eigenvalue weighted by atomic mass is 16.3. The molecule has 4 nitrogen and oxygen atoms in total. The largest absolute Gasteiger partial charge is 0.384 e.